The van der Waals surface area contributed by atoms with Gasteiger partial charge in [0.1, 0.15) is 17.6 Å². The summed E-state index contributed by atoms with van der Waals surface area (Å²) in [7, 11) is 0. The SMILES string of the molecule is CC(CNc1cccc(OCCCc2ccccc2)c1)Oc1ccccc1Cl. The molecule has 0 bridgehead atoms. The molecule has 0 aliphatic rings. The third kappa shape index (κ3) is 6.50. The Morgan fingerprint density at radius 2 is 1.71 bits per heavy atom. The smallest absolute Gasteiger partial charge is 0.138 e. The average molecular weight is 396 g/mol. The zero-order chi connectivity index (χ0) is 19.6. The van der Waals surface area contributed by atoms with Crippen LogP contribution in [0.15, 0.2) is 78.9 Å². The van der Waals surface area contributed by atoms with Gasteiger partial charge in [-0.3, -0.25) is 0 Å². The van der Waals surface area contributed by atoms with Crippen molar-refractivity contribution < 1.29 is 9.47 Å². The fraction of sp³-hybridized carbons (Fsp3) is 0.250. The molecular weight excluding hydrogens is 370 g/mol. The molecule has 4 heteroatoms. The fourth-order valence-electron chi connectivity index (χ4n) is 2.87. The third-order valence-corrected chi connectivity index (χ3v) is 4.63. The highest BCUT2D eigenvalue weighted by Crippen LogP contribution is 2.24. The van der Waals surface area contributed by atoms with E-state index in [2.05, 4.69) is 29.6 Å². The van der Waals surface area contributed by atoms with Crippen LogP contribution in [0, 0.1) is 0 Å². The fourth-order valence-corrected chi connectivity index (χ4v) is 3.05. The molecule has 1 atom stereocenters. The zero-order valence-electron chi connectivity index (χ0n) is 16.1. The summed E-state index contributed by atoms with van der Waals surface area (Å²) >= 11 is 6.14. The Labute approximate surface area is 172 Å². The summed E-state index contributed by atoms with van der Waals surface area (Å²) in [6.07, 6.45) is 2.00. The number of hydrogen-bond donors (Lipinski definition) is 1. The van der Waals surface area contributed by atoms with E-state index in [4.69, 9.17) is 21.1 Å². The molecule has 146 valence electrons. The first-order chi connectivity index (χ1) is 13.7. The van der Waals surface area contributed by atoms with Crippen LogP contribution in [0.3, 0.4) is 0 Å². The Hall–Kier alpha value is -2.65. The minimum atomic E-state index is -0.0182. The summed E-state index contributed by atoms with van der Waals surface area (Å²) in [5.74, 6) is 1.58. The van der Waals surface area contributed by atoms with E-state index in [-0.39, 0.29) is 6.10 Å². The van der Waals surface area contributed by atoms with E-state index in [1.807, 2.05) is 61.5 Å². The molecule has 0 aliphatic heterocycles. The Morgan fingerprint density at radius 1 is 0.929 bits per heavy atom. The van der Waals surface area contributed by atoms with Gasteiger partial charge in [0.15, 0.2) is 0 Å². The highest BCUT2D eigenvalue weighted by Gasteiger charge is 2.07. The van der Waals surface area contributed by atoms with Gasteiger partial charge in [0.25, 0.3) is 0 Å². The van der Waals surface area contributed by atoms with Crippen molar-refractivity contribution in [3.05, 3.63) is 89.4 Å². The molecule has 0 amide bonds. The predicted molar refractivity (Wildman–Crippen MR) is 117 cm³/mol. The van der Waals surface area contributed by atoms with Gasteiger partial charge in [-0.25, -0.2) is 0 Å². The summed E-state index contributed by atoms with van der Waals surface area (Å²) in [5, 5.41) is 4.02. The van der Waals surface area contributed by atoms with Gasteiger partial charge in [-0.2, -0.15) is 0 Å². The van der Waals surface area contributed by atoms with Gasteiger partial charge in [0, 0.05) is 11.8 Å². The number of ether oxygens (including phenoxy) is 2. The molecule has 0 aromatic heterocycles. The summed E-state index contributed by atoms with van der Waals surface area (Å²) in [6, 6.07) is 26.0. The molecule has 0 saturated heterocycles. The van der Waals surface area contributed by atoms with Gasteiger partial charge in [0.2, 0.25) is 0 Å². The first-order valence-electron chi connectivity index (χ1n) is 9.62. The summed E-state index contributed by atoms with van der Waals surface area (Å²) in [6.45, 7) is 3.38. The second-order valence-corrected chi connectivity index (χ2v) is 7.11. The van der Waals surface area contributed by atoms with Gasteiger partial charge in [-0.15, -0.1) is 0 Å². The first kappa shape index (κ1) is 20.1. The van der Waals surface area contributed by atoms with Crippen molar-refractivity contribution in [2.75, 3.05) is 18.5 Å². The number of nitrogens with one attached hydrogen (secondary N) is 1. The molecule has 0 heterocycles. The molecule has 3 aromatic carbocycles. The molecule has 3 aromatic rings. The standard InChI is InChI=1S/C24H26ClNO2/c1-19(28-24-15-6-5-14-23(24)25)18-26-21-12-7-13-22(17-21)27-16-8-11-20-9-3-2-4-10-20/h2-7,9-10,12-15,17,19,26H,8,11,16,18H2,1H3. The van der Waals surface area contributed by atoms with Crippen LogP contribution < -0.4 is 14.8 Å². The first-order valence-corrected chi connectivity index (χ1v) is 10.0. The lowest BCUT2D eigenvalue weighted by Crippen LogP contribution is -2.22. The van der Waals surface area contributed by atoms with Crippen LogP contribution in [0.2, 0.25) is 5.02 Å². The topological polar surface area (TPSA) is 30.5 Å². The van der Waals surface area contributed by atoms with Crippen LogP contribution >= 0.6 is 11.6 Å². The molecule has 0 aliphatic carbocycles. The van der Waals surface area contributed by atoms with Gasteiger partial charge < -0.3 is 14.8 Å². The maximum Gasteiger partial charge on any atom is 0.138 e. The van der Waals surface area contributed by atoms with E-state index >= 15 is 0 Å². The van der Waals surface area contributed by atoms with Crippen molar-refractivity contribution >= 4 is 17.3 Å². The van der Waals surface area contributed by atoms with Crippen LogP contribution in [0.1, 0.15) is 18.9 Å². The summed E-state index contributed by atoms with van der Waals surface area (Å²) in [4.78, 5) is 0. The maximum absolute atomic E-state index is 6.14. The van der Waals surface area contributed by atoms with Crippen LogP contribution in [-0.2, 0) is 6.42 Å². The third-order valence-electron chi connectivity index (χ3n) is 4.31. The van der Waals surface area contributed by atoms with E-state index < -0.39 is 0 Å². The van der Waals surface area contributed by atoms with E-state index in [0.717, 1.165) is 24.3 Å². The summed E-state index contributed by atoms with van der Waals surface area (Å²) in [5.41, 5.74) is 2.35. The lowest BCUT2D eigenvalue weighted by molar-refractivity contribution is 0.235. The molecule has 3 rings (SSSR count). The van der Waals surface area contributed by atoms with E-state index in [0.29, 0.717) is 23.9 Å². The second kappa shape index (κ2) is 10.6. The number of rotatable bonds is 10. The van der Waals surface area contributed by atoms with Crippen molar-refractivity contribution in [1.82, 2.24) is 0 Å². The molecule has 1 N–H and O–H groups in total. The normalized spacial score (nSPS) is 11.6. The quantitative estimate of drug-likeness (QED) is 0.412. The maximum atomic E-state index is 6.14. The monoisotopic (exact) mass is 395 g/mol. The molecular formula is C24H26ClNO2. The molecule has 0 fully saturated rings. The highest BCUT2D eigenvalue weighted by atomic mass is 35.5. The number of benzene rings is 3. The van der Waals surface area contributed by atoms with E-state index in [1.54, 1.807) is 0 Å². The number of para-hydroxylation sites is 1. The number of aryl methyl sites for hydroxylation is 1. The van der Waals surface area contributed by atoms with E-state index in [9.17, 15) is 0 Å². The van der Waals surface area contributed by atoms with Gasteiger partial charge in [-0.05, 0) is 49.6 Å². The molecule has 0 saturated carbocycles. The molecule has 28 heavy (non-hydrogen) atoms. The minimum Gasteiger partial charge on any atom is -0.494 e. The van der Waals surface area contributed by atoms with Crippen molar-refractivity contribution in [2.24, 2.45) is 0 Å². The predicted octanol–water partition coefficient (Wildman–Crippen LogP) is 6.23. The number of anilines is 1. The van der Waals surface area contributed by atoms with Gasteiger partial charge >= 0.3 is 0 Å². The molecule has 1 unspecified atom stereocenters. The Morgan fingerprint density at radius 3 is 2.54 bits per heavy atom. The molecule has 0 radical (unpaired) electrons. The van der Waals surface area contributed by atoms with Crippen molar-refractivity contribution in [1.29, 1.82) is 0 Å². The van der Waals surface area contributed by atoms with Crippen LogP contribution in [0.4, 0.5) is 5.69 Å². The minimum absolute atomic E-state index is 0.0182. The Kier molecular flexibility index (Phi) is 7.62. The second-order valence-electron chi connectivity index (χ2n) is 6.71. The molecule has 0 spiro atoms. The van der Waals surface area contributed by atoms with Gasteiger partial charge in [0.05, 0.1) is 18.2 Å². The van der Waals surface area contributed by atoms with Gasteiger partial charge in [-0.1, -0.05) is 60.1 Å². The van der Waals surface area contributed by atoms with Crippen LogP contribution in [0.25, 0.3) is 0 Å². The lowest BCUT2D eigenvalue weighted by Gasteiger charge is -2.17. The van der Waals surface area contributed by atoms with E-state index in [1.165, 1.54) is 5.56 Å². The highest BCUT2D eigenvalue weighted by molar-refractivity contribution is 6.32. The zero-order valence-corrected chi connectivity index (χ0v) is 16.9. The van der Waals surface area contributed by atoms with Crippen LogP contribution in [-0.4, -0.2) is 19.3 Å². The number of halogens is 1. The Bertz CT molecular complexity index is 854. The molecule has 3 nitrogen and oxygen atoms in total. The van der Waals surface area contributed by atoms with Crippen molar-refractivity contribution in [2.45, 2.75) is 25.9 Å². The lowest BCUT2D eigenvalue weighted by atomic mass is 10.1. The summed E-state index contributed by atoms with van der Waals surface area (Å²) < 4.78 is 11.8. The average Bonchev–Trinajstić information content (AvgIpc) is 2.73. The van der Waals surface area contributed by atoms with Crippen LogP contribution in [0.5, 0.6) is 11.5 Å². The largest absolute Gasteiger partial charge is 0.494 e. The number of hydrogen-bond acceptors (Lipinski definition) is 3. The Balaban J connectivity index is 1.42. The van der Waals surface area contributed by atoms with Crippen molar-refractivity contribution in [3.63, 3.8) is 0 Å². The van der Waals surface area contributed by atoms with Crippen molar-refractivity contribution in [3.8, 4) is 11.5 Å².